The number of amides is 4. The molecule has 1 saturated carbocycles. The maximum atomic E-state index is 13.8. The van der Waals surface area contributed by atoms with Gasteiger partial charge in [0.25, 0.3) is 45.9 Å². The van der Waals surface area contributed by atoms with Crippen LogP contribution in [-0.4, -0.2) is 181 Å². The Morgan fingerprint density at radius 1 is 0.419 bits per heavy atom. The highest BCUT2D eigenvalue weighted by Crippen LogP contribution is 2.57. The molecule has 16 N–H and O–H groups in total. The van der Waals surface area contributed by atoms with E-state index in [1.165, 1.54) is 123 Å². The summed E-state index contributed by atoms with van der Waals surface area (Å²) in [6.07, 6.45) is -0.885. The minimum atomic E-state index is -4.47. The van der Waals surface area contributed by atoms with Gasteiger partial charge in [-0.25, -0.2) is 18.7 Å². The second-order valence-corrected chi connectivity index (χ2v) is 45.6. The highest BCUT2D eigenvalue weighted by molar-refractivity contribution is 7.67. The number of aromatic nitrogens is 8. The van der Waals surface area contributed by atoms with Crippen molar-refractivity contribution < 1.29 is 113 Å². The summed E-state index contributed by atoms with van der Waals surface area (Å²) in [5, 5.41) is 81.7. The fourth-order valence-electron chi connectivity index (χ4n) is 14.7. The third kappa shape index (κ3) is 24.8. The molecule has 4 amide bonds. The number of methoxy groups -OCH3 is 1. The molecule has 1 fully saturated rings. The van der Waals surface area contributed by atoms with Gasteiger partial charge in [0, 0.05) is 61.7 Å². The third-order valence-corrected chi connectivity index (χ3v) is 34.4. The van der Waals surface area contributed by atoms with E-state index < -0.39 is 125 Å². The minimum absolute atomic E-state index is 0.0575. The van der Waals surface area contributed by atoms with Crippen LogP contribution in [0, 0.1) is 17.8 Å². The van der Waals surface area contributed by atoms with Crippen LogP contribution in [0.5, 0.6) is 46.0 Å². The number of anilines is 4. The summed E-state index contributed by atoms with van der Waals surface area (Å²) in [5.41, 5.74) is 18.7. The second-order valence-electron chi connectivity index (χ2n) is 33.4. The number of ether oxygens (including phenoxy) is 5. The van der Waals surface area contributed by atoms with Crippen LogP contribution in [-0.2, 0) is 86.4 Å². The Bertz CT molecular complexity index is 7450. The molecule has 45 nitrogen and oxygen atoms in total. The van der Waals surface area contributed by atoms with E-state index in [2.05, 4.69) is 74.6 Å². The number of fused-ring (bicyclic) bond motifs is 4. The molecule has 8 aromatic heterocycles. The van der Waals surface area contributed by atoms with Crippen LogP contribution < -0.4 is 107 Å². The number of rotatable bonds is 37. The maximum Gasteiger partial charge on any atom is 0.391 e. The van der Waals surface area contributed by atoms with Gasteiger partial charge in [0.05, 0.1) is 75.5 Å². The highest BCUT2D eigenvalue weighted by Gasteiger charge is 2.44. The van der Waals surface area contributed by atoms with E-state index in [9.17, 15) is 90.2 Å². The van der Waals surface area contributed by atoms with Crippen LogP contribution in [0.25, 0.3) is 42.3 Å². The summed E-state index contributed by atoms with van der Waals surface area (Å²) in [7, 11) is -9.33. The predicted octanol–water partition coefficient (Wildman–Crippen LogP) is 11.4. The van der Waals surface area contributed by atoms with Crippen LogP contribution in [0.1, 0.15) is 88.5 Å². The molecule has 12 aromatic rings. The lowest BCUT2D eigenvalue weighted by Crippen LogP contribution is -2.35. The number of aryl methyl sites for hydroxylation is 3. The molecule has 17 rings (SSSR count). The average molecular weight is 2190 g/mol. The molecular formula is C92H99F3N20O25P4S4. The molecule has 782 valence electrons. The van der Waals surface area contributed by atoms with Gasteiger partial charge in [-0.1, -0.05) is 51.5 Å². The molecule has 7 atom stereocenters. The molecule has 0 bridgehead atoms. The molecule has 0 saturated heterocycles. The van der Waals surface area contributed by atoms with Gasteiger partial charge in [0.2, 0.25) is 0 Å². The zero-order chi connectivity index (χ0) is 107. The van der Waals surface area contributed by atoms with Crippen molar-refractivity contribution in [1.29, 1.82) is 0 Å². The number of halogens is 3. The standard InChI is InChI=1S/C24H28N5O6PS.C23H23F3N5O6PS.C23H26N5O7PS.C22H22N5O6PS/c1-4-14(2)9-10-29-24(32)20(22(31)21(27-29)18-6-5-11-37-18)23-26-16-8-7-15(35-13-19(25)30)12-17(16)36(33,28-23)34-3;1-12(23(24,25)26)7-8-31-22(34)18(20(33)19(29-31)16-4-3-9-39-16)21-28-14-6-5-13(37-11-17(27)32)10-15(14)38(35,30-21)36-2;1-13(33-2)8-9-28-23(31)19(21(30)20(26-28)17-5-4-10-37-17)22-25-15-7-6-14(35-12-18(24)29)11-16(15)36(32,27-22)34-3;1-32-34(31)15-9-13(33-11-17(23)28)6-7-14(15)24-21(26-34)18-20(29)19(16-3-2-8-35-16)25-27(22(18)30)10-12-4-5-12/h5-8,11-12,14,31H,4,9-10,13H2,1-3H3,(H2,25,30)(H,26,28,33);3-6,9-10,12,33H,7-8,11H2,1-2H3,(H2,27,32)(H,28,30,35);4-7,10-11,13,30H,8-9,12H2,1-3H3,(H2,24,29)(H,25,27,32);2-3,6-9,12,29H,4-5,10-11H2,1H3,(H2,23,28)(H,24,26,31). The Hall–Kier alpha value is -14.1. The molecule has 12 heterocycles. The Labute approximate surface area is 855 Å². The lowest BCUT2D eigenvalue weighted by atomic mass is 10.1. The van der Waals surface area contributed by atoms with Crippen molar-refractivity contribution in [2.75, 3.05) is 83.2 Å². The van der Waals surface area contributed by atoms with Crippen molar-refractivity contribution >= 4 is 166 Å². The number of alkyl halides is 3. The number of hydrogen-bond acceptors (Lipinski definition) is 37. The highest BCUT2D eigenvalue weighted by atomic mass is 32.1. The van der Waals surface area contributed by atoms with Crippen LogP contribution in [0.15, 0.2) is 181 Å². The molecule has 0 radical (unpaired) electrons. The summed E-state index contributed by atoms with van der Waals surface area (Å²) in [6, 6.07) is 31.9. The number of thiophene rings is 4. The number of carbonyl (C=O) groups excluding carboxylic acids is 4. The second kappa shape index (κ2) is 46.5. The molecule has 56 heteroatoms. The maximum absolute atomic E-state index is 13.8. The summed E-state index contributed by atoms with van der Waals surface area (Å²) in [5.74, 6) is -5.19. The average Bonchev–Trinajstić information content (AvgIpc) is 0.814. The molecular weight excluding hydrogens is 2090 g/mol. The van der Waals surface area contributed by atoms with Gasteiger partial charge < -0.3 is 106 Å². The largest absolute Gasteiger partial charge is 0.505 e. The van der Waals surface area contributed by atoms with Crippen LogP contribution >= 0.6 is 75.4 Å². The molecule has 4 aliphatic heterocycles. The number of nitrogens with zero attached hydrogens (tertiary/aromatic N) is 12. The summed E-state index contributed by atoms with van der Waals surface area (Å²) >= 11 is 5.26. The number of hydrogen-bond donors (Lipinski definition) is 12. The summed E-state index contributed by atoms with van der Waals surface area (Å²) in [6.45, 7) is 6.08. The van der Waals surface area contributed by atoms with Gasteiger partial charge >= 0.3 is 36.3 Å². The van der Waals surface area contributed by atoms with E-state index in [1.807, 2.05) is 35.2 Å². The van der Waals surface area contributed by atoms with E-state index in [4.69, 9.17) is 64.7 Å². The summed E-state index contributed by atoms with van der Waals surface area (Å²) in [4.78, 5) is 101. The minimum Gasteiger partial charge on any atom is -0.505 e. The first-order valence-corrected chi connectivity index (χ1v) is 54.8. The third-order valence-electron chi connectivity index (χ3n) is 23.2. The molecule has 5 aliphatic rings. The number of amidine groups is 4. The molecule has 7 unspecified atom stereocenters. The van der Waals surface area contributed by atoms with E-state index in [0.717, 1.165) is 38.0 Å². The number of nitrogens with one attached hydrogen (secondary N) is 4. The Balaban J connectivity index is 0.000000156. The topological polar surface area (TPSA) is 642 Å². The van der Waals surface area contributed by atoms with Crippen molar-refractivity contribution in [1.82, 2.24) is 39.1 Å². The number of nitrogens with two attached hydrogens (primary N) is 4. The van der Waals surface area contributed by atoms with Crippen molar-refractivity contribution in [3.05, 3.63) is 207 Å². The van der Waals surface area contributed by atoms with Crippen molar-refractivity contribution in [3.8, 4) is 88.3 Å². The van der Waals surface area contributed by atoms with Crippen molar-refractivity contribution in [2.24, 2.45) is 59.7 Å². The van der Waals surface area contributed by atoms with E-state index in [-0.39, 0.29) is 157 Å². The van der Waals surface area contributed by atoms with E-state index in [1.54, 1.807) is 79.2 Å². The Morgan fingerprint density at radius 3 is 0.919 bits per heavy atom. The first kappa shape index (κ1) is 110. The van der Waals surface area contributed by atoms with Gasteiger partial charge in [-0.15, -0.1) is 45.3 Å². The smallest absolute Gasteiger partial charge is 0.391 e. The normalized spacial score (nSPS) is 17.8. The van der Waals surface area contributed by atoms with Crippen LogP contribution in [0.2, 0.25) is 0 Å². The van der Waals surface area contributed by atoms with E-state index in [0.29, 0.717) is 74.3 Å². The van der Waals surface area contributed by atoms with Crippen molar-refractivity contribution in [3.63, 3.8) is 0 Å². The van der Waals surface area contributed by atoms with Gasteiger partial charge in [-0.3, -0.25) is 56.6 Å². The van der Waals surface area contributed by atoms with Gasteiger partial charge in [-0.2, -0.15) is 52.6 Å². The van der Waals surface area contributed by atoms with Gasteiger partial charge in [0.1, 0.15) is 68.0 Å². The number of aromatic hydroxyl groups is 4. The molecule has 0 spiro atoms. The van der Waals surface area contributed by atoms with Gasteiger partial charge in [-0.05, 0) is 169 Å². The summed E-state index contributed by atoms with van der Waals surface area (Å²) < 4.78 is 164. The lowest BCUT2D eigenvalue weighted by molar-refractivity contribution is -0.171. The van der Waals surface area contributed by atoms with Crippen LogP contribution in [0.4, 0.5) is 35.9 Å². The van der Waals surface area contributed by atoms with Crippen LogP contribution in [0.3, 0.4) is 0 Å². The number of primary amides is 4. The number of carbonyl (C=O) groups is 4. The zero-order valence-corrected chi connectivity index (χ0v) is 87.0. The SMILES string of the molecule is CCC(C)CCn1nc(-c2cccs2)c(O)c(C2=NP(=O)(OC)c3cc(OCC(N)=O)ccc3N2)c1=O.COC(C)CCn1nc(-c2cccs2)c(O)c(C2=NP(=O)(OC)c3cc(OCC(N)=O)ccc3N2)c1=O.COP1(=O)N=C(c2c(O)c(-c3cccs3)nn(CC3CC3)c2=O)Nc2ccc(OCC(N)=O)cc21.COP1(=O)N=C(c2c(O)c(-c3cccs3)nn(CCC(C)C(F)(F)F)c2=O)Nc2ccc(OCC(N)=O)cc21. The van der Waals surface area contributed by atoms with Crippen molar-refractivity contribution in [2.45, 2.75) is 105 Å². The molecule has 1 aliphatic carbocycles. The fourth-order valence-corrected chi connectivity index (χ4v) is 23.7. The Kier molecular flexibility index (Phi) is 34.4. The first-order valence-electron chi connectivity index (χ1n) is 44.9. The Morgan fingerprint density at radius 2 is 0.682 bits per heavy atom. The zero-order valence-electron chi connectivity index (χ0n) is 80.2. The molecule has 148 heavy (non-hydrogen) atoms. The quantitative estimate of drug-likeness (QED) is 0.0161. The first-order chi connectivity index (χ1) is 70.4. The number of benzene rings is 4. The predicted molar refractivity (Wildman–Crippen MR) is 554 cm³/mol. The van der Waals surface area contributed by atoms with E-state index >= 15 is 0 Å². The fraction of sp³-hybridized carbons (Fsp3) is 0.304. The molecule has 4 aromatic carbocycles. The lowest BCUT2D eigenvalue weighted by Gasteiger charge is -2.25. The van der Waals surface area contributed by atoms with Gasteiger partial charge in [0.15, 0.2) is 72.8 Å². The monoisotopic (exact) mass is 2190 g/mol.